The Bertz CT molecular complexity index is 1230. The first-order valence-electron chi connectivity index (χ1n) is 10.1. The molecule has 1 heterocycles. The van der Waals surface area contributed by atoms with Gasteiger partial charge in [0.2, 0.25) is 0 Å². The lowest BCUT2D eigenvalue weighted by atomic mass is 10.1. The van der Waals surface area contributed by atoms with Gasteiger partial charge >= 0.3 is 0 Å². The van der Waals surface area contributed by atoms with E-state index in [9.17, 15) is 14.0 Å². The van der Waals surface area contributed by atoms with Crippen LogP contribution in [0.3, 0.4) is 0 Å². The van der Waals surface area contributed by atoms with Crippen molar-refractivity contribution in [2.24, 2.45) is 0 Å². The summed E-state index contributed by atoms with van der Waals surface area (Å²) in [6, 6.07) is 18.7. The molecule has 4 rings (SSSR count). The van der Waals surface area contributed by atoms with Gasteiger partial charge in [0.1, 0.15) is 12.4 Å². The molecule has 33 heavy (non-hydrogen) atoms. The number of carbonyl (C=O) groups excluding carboxylic acids is 2. The summed E-state index contributed by atoms with van der Waals surface area (Å²) >= 11 is 3.03. The van der Waals surface area contributed by atoms with E-state index in [4.69, 9.17) is 9.47 Å². The minimum Gasteiger partial charge on any atom is -0.490 e. The first kappa shape index (κ1) is 23.3. The van der Waals surface area contributed by atoms with Gasteiger partial charge in [0.05, 0.1) is 20.8 Å². The summed E-state index contributed by atoms with van der Waals surface area (Å²) in [4.78, 5) is 26.9. The zero-order valence-corrected chi connectivity index (χ0v) is 20.6. The van der Waals surface area contributed by atoms with Crippen LogP contribution in [0.25, 0.3) is 6.08 Å². The lowest BCUT2D eigenvalue weighted by Gasteiger charge is -2.15. The van der Waals surface area contributed by atoms with E-state index in [0.29, 0.717) is 39.8 Å². The smallest absolute Gasteiger partial charge is 0.298 e. The summed E-state index contributed by atoms with van der Waals surface area (Å²) in [6.45, 7) is 2.46. The van der Waals surface area contributed by atoms with Crippen molar-refractivity contribution in [1.82, 2.24) is 0 Å². The second kappa shape index (κ2) is 10.4. The SMILES string of the molecule is CCOc1cc(/C=C2\SC(=O)N(c3ccccc3)C2=O)cc(I)c1OCc1cccc(F)c1. The molecule has 8 heteroatoms. The Morgan fingerprint density at radius 2 is 1.82 bits per heavy atom. The van der Waals surface area contributed by atoms with Gasteiger partial charge in [-0.15, -0.1) is 0 Å². The van der Waals surface area contributed by atoms with Crippen molar-refractivity contribution < 1.29 is 23.5 Å². The van der Waals surface area contributed by atoms with Crippen LogP contribution < -0.4 is 14.4 Å². The molecular weight excluding hydrogens is 556 g/mol. The third-order valence-corrected chi connectivity index (χ3v) is 6.38. The van der Waals surface area contributed by atoms with Gasteiger partial charge in [-0.25, -0.2) is 9.29 Å². The summed E-state index contributed by atoms with van der Waals surface area (Å²) in [5.74, 6) is 0.358. The number of halogens is 2. The second-order valence-corrected chi connectivity index (χ2v) is 9.19. The van der Waals surface area contributed by atoms with Crippen molar-refractivity contribution in [1.29, 1.82) is 0 Å². The number of imide groups is 1. The van der Waals surface area contributed by atoms with Crippen molar-refractivity contribution in [2.45, 2.75) is 13.5 Å². The highest BCUT2D eigenvalue weighted by Crippen LogP contribution is 2.39. The molecule has 1 aliphatic heterocycles. The van der Waals surface area contributed by atoms with Gasteiger partial charge in [-0.05, 0) is 94.9 Å². The molecule has 0 atom stereocenters. The summed E-state index contributed by atoms with van der Waals surface area (Å²) < 4.78 is 26.0. The highest BCUT2D eigenvalue weighted by Gasteiger charge is 2.36. The average molecular weight is 575 g/mol. The number of anilines is 1. The van der Waals surface area contributed by atoms with Crippen LogP contribution >= 0.6 is 34.4 Å². The number of ether oxygens (including phenoxy) is 2. The van der Waals surface area contributed by atoms with Crippen molar-refractivity contribution >= 4 is 57.3 Å². The van der Waals surface area contributed by atoms with E-state index in [0.717, 1.165) is 15.3 Å². The molecule has 0 N–H and O–H groups in total. The Balaban J connectivity index is 1.60. The maximum Gasteiger partial charge on any atom is 0.298 e. The summed E-state index contributed by atoms with van der Waals surface area (Å²) in [6.07, 6.45) is 1.68. The Morgan fingerprint density at radius 1 is 1.03 bits per heavy atom. The molecule has 0 aromatic heterocycles. The molecule has 0 radical (unpaired) electrons. The van der Waals surface area contributed by atoms with Crippen LogP contribution in [0.4, 0.5) is 14.9 Å². The summed E-state index contributed by atoms with van der Waals surface area (Å²) in [5.41, 5.74) is 1.94. The average Bonchev–Trinajstić information content (AvgIpc) is 3.06. The molecule has 0 saturated carbocycles. The molecule has 1 saturated heterocycles. The predicted octanol–water partition coefficient (Wildman–Crippen LogP) is 6.65. The van der Waals surface area contributed by atoms with Crippen molar-refractivity contribution in [2.75, 3.05) is 11.5 Å². The topological polar surface area (TPSA) is 55.8 Å². The highest BCUT2D eigenvalue weighted by atomic mass is 127. The fraction of sp³-hybridized carbons (Fsp3) is 0.120. The maximum absolute atomic E-state index is 13.5. The zero-order chi connectivity index (χ0) is 23.4. The lowest BCUT2D eigenvalue weighted by molar-refractivity contribution is -0.113. The monoisotopic (exact) mass is 575 g/mol. The molecule has 1 aliphatic rings. The van der Waals surface area contributed by atoms with Gasteiger partial charge in [0.15, 0.2) is 11.5 Å². The van der Waals surface area contributed by atoms with Crippen molar-refractivity contribution in [3.63, 3.8) is 0 Å². The maximum atomic E-state index is 13.5. The number of rotatable bonds is 7. The first-order valence-corrected chi connectivity index (χ1v) is 12.0. The van der Waals surface area contributed by atoms with E-state index in [1.807, 2.05) is 19.1 Å². The van der Waals surface area contributed by atoms with Crippen LogP contribution in [-0.2, 0) is 11.4 Å². The standard InChI is InChI=1S/C25H19FINO4S/c1-2-31-21-13-17(12-20(27)23(21)32-15-16-7-6-8-18(26)11-16)14-22-24(29)28(25(30)33-22)19-9-4-3-5-10-19/h3-14H,2,15H2,1H3/b22-14-. The number of para-hydroxylation sites is 1. The summed E-state index contributed by atoms with van der Waals surface area (Å²) in [7, 11) is 0. The molecule has 3 aromatic carbocycles. The van der Waals surface area contributed by atoms with Crippen molar-refractivity contribution in [3.05, 3.63) is 92.1 Å². The largest absolute Gasteiger partial charge is 0.490 e. The molecule has 0 aliphatic carbocycles. The van der Waals surface area contributed by atoms with Crippen molar-refractivity contribution in [3.8, 4) is 11.5 Å². The van der Waals surface area contributed by atoms with E-state index in [2.05, 4.69) is 22.6 Å². The third kappa shape index (κ3) is 5.39. The van der Waals surface area contributed by atoms with E-state index in [1.165, 1.54) is 17.0 Å². The van der Waals surface area contributed by atoms with Crippen LogP contribution in [0.5, 0.6) is 11.5 Å². The fourth-order valence-corrected chi connectivity index (χ4v) is 4.90. The molecule has 3 aromatic rings. The van der Waals surface area contributed by atoms with E-state index in [-0.39, 0.29) is 23.6 Å². The van der Waals surface area contributed by atoms with Crippen LogP contribution in [-0.4, -0.2) is 17.8 Å². The first-order chi connectivity index (χ1) is 16.0. The van der Waals surface area contributed by atoms with Gasteiger partial charge in [-0.1, -0.05) is 30.3 Å². The number of nitrogens with zero attached hydrogens (tertiary/aromatic N) is 1. The number of hydrogen-bond donors (Lipinski definition) is 0. The van der Waals surface area contributed by atoms with Crippen LogP contribution in [0.15, 0.2) is 71.6 Å². The van der Waals surface area contributed by atoms with Gasteiger partial charge < -0.3 is 9.47 Å². The van der Waals surface area contributed by atoms with Crippen LogP contribution in [0.2, 0.25) is 0 Å². The van der Waals surface area contributed by atoms with E-state index < -0.39 is 0 Å². The Kier molecular flexibility index (Phi) is 7.34. The number of benzene rings is 3. The molecule has 5 nitrogen and oxygen atoms in total. The van der Waals surface area contributed by atoms with E-state index in [1.54, 1.807) is 48.5 Å². The minimum atomic E-state index is -0.365. The Morgan fingerprint density at radius 3 is 2.55 bits per heavy atom. The Hall–Kier alpha value is -2.85. The predicted molar refractivity (Wildman–Crippen MR) is 136 cm³/mol. The zero-order valence-electron chi connectivity index (χ0n) is 17.6. The molecule has 0 spiro atoms. The number of hydrogen-bond acceptors (Lipinski definition) is 5. The van der Waals surface area contributed by atoms with Crippen LogP contribution in [0, 0.1) is 9.39 Å². The lowest BCUT2D eigenvalue weighted by Crippen LogP contribution is -2.27. The van der Waals surface area contributed by atoms with E-state index >= 15 is 0 Å². The molecular formula is C25H19FINO4S. The highest BCUT2D eigenvalue weighted by molar-refractivity contribution is 14.1. The van der Waals surface area contributed by atoms with Gasteiger partial charge in [-0.3, -0.25) is 9.59 Å². The van der Waals surface area contributed by atoms with Gasteiger partial charge in [0.25, 0.3) is 11.1 Å². The quantitative estimate of drug-likeness (QED) is 0.233. The normalized spacial score (nSPS) is 14.8. The number of carbonyl (C=O) groups is 2. The van der Waals surface area contributed by atoms with Crippen LogP contribution in [0.1, 0.15) is 18.1 Å². The number of thioether (sulfide) groups is 1. The van der Waals surface area contributed by atoms with Gasteiger partial charge in [-0.2, -0.15) is 0 Å². The molecule has 168 valence electrons. The van der Waals surface area contributed by atoms with Gasteiger partial charge in [0, 0.05) is 0 Å². The number of amides is 2. The molecule has 0 bridgehead atoms. The molecule has 0 unspecified atom stereocenters. The second-order valence-electron chi connectivity index (χ2n) is 7.03. The minimum absolute atomic E-state index is 0.184. The third-order valence-electron chi connectivity index (χ3n) is 4.71. The Labute approximate surface area is 208 Å². The molecule has 1 fully saturated rings. The fourth-order valence-electron chi connectivity index (χ4n) is 3.28. The molecule has 2 amide bonds. The summed E-state index contributed by atoms with van der Waals surface area (Å²) in [5, 5.41) is -0.341.